The van der Waals surface area contributed by atoms with E-state index in [2.05, 4.69) is 15.3 Å². The number of aromatic nitrogens is 2. The molecule has 0 aliphatic carbocycles. The third-order valence-electron chi connectivity index (χ3n) is 2.05. The molecule has 1 heterocycles. The number of nitrogens with one attached hydrogen (secondary N) is 1. The van der Waals surface area contributed by atoms with Crippen molar-refractivity contribution in [3.05, 3.63) is 6.07 Å². The minimum Gasteiger partial charge on any atom is -0.396 e. The van der Waals surface area contributed by atoms with Crippen LogP contribution in [0, 0.1) is 5.92 Å². The van der Waals surface area contributed by atoms with Crippen LogP contribution < -0.4 is 5.32 Å². The summed E-state index contributed by atoms with van der Waals surface area (Å²) in [6, 6.07) is 1.96. The highest BCUT2D eigenvalue weighted by molar-refractivity contribution is 7.99. The first kappa shape index (κ1) is 14.6. The summed E-state index contributed by atoms with van der Waals surface area (Å²) in [5.41, 5.74) is 0. The SMILES string of the molecule is CCNc1cc(SCC(C)CO)nc(SC)n1. The number of nitrogens with zero attached hydrogens (tertiary/aromatic N) is 2. The fraction of sp³-hybridized carbons (Fsp3) is 0.636. The first-order chi connectivity index (χ1) is 8.19. The van der Waals surface area contributed by atoms with E-state index in [1.165, 1.54) is 11.8 Å². The number of thioether (sulfide) groups is 2. The lowest BCUT2D eigenvalue weighted by atomic mass is 10.2. The predicted molar refractivity (Wildman–Crippen MR) is 75.0 cm³/mol. The fourth-order valence-electron chi connectivity index (χ4n) is 1.12. The zero-order chi connectivity index (χ0) is 12.7. The molecule has 0 aromatic carbocycles. The summed E-state index contributed by atoms with van der Waals surface area (Å²) in [4.78, 5) is 8.80. The molecule has 0 saturated heterocycles. The summed E-state index contributed by atoms with van der Waals surface area (Å²) in [7, 11) is 0. The molecule has 0 amide bonds. The average Bonchev–Trinajstić information content (AvgIpc) is 2.36. The van der Waals surface area contributed by atoms with E-state index in [1.807, 2.05) is 26.2 Å². The van der Waals surface area contributed by atoms with Crippen LogP contribution in [0.5, 0.6) is 0 Å². The van der Waals surface area contributed by atoms with Crippen molar-refractivity contribution in [2.75, 3.05) is 30.5 Å². The molecular weight excluding hydrogens is 254 g/mol. The largest absolute Gasteiger partial charge is 0.396 e. The third kappa shape index (κ3) is 5.14. The van der Waals surface area contributed by atoms with E-state index in [-0.39, 0.29) is 12.5 Å². The van der Waals surface area contributed by atoms with Crippen molar-refractivity contribution in [3.63, 3.8) is 0 Å². The summed E-state index contributed by atoms with van der Waals surface area (Å²) in [6.45, 7) is 5.13. The molecule has 1 aromatic heterocycles. The molecule has 0 bridgehead atoms. The zero-order valence-corrected chi connectivity index (χ0v) is 12.1. The van der Waals surface area contributed by atoms with E-state index in [9.17, 15) is 0 Å². The predicted octanol–water partition coefficient (Wildman–Crippen LogP) is 2.35. The standard InChI is InChI=1S/C11H19N3OS2/c1-4-12-9-5-10(14-11(13-9)16-3)17-7-8(2)6-15/h5,8,15H,4,6-7H2,1-3H3,(H,12,13,14). The van der Waals surface area contributed by atoms with E-state index in [0.29, 0.717) is 0 Å². The maximum Gasteiger partial charge on any atom is 0.190 e. The van der Waals surface area contributed by atoms with E-state index in [1.54, 1.807) is 11.8 Å². The fourth-order valence-corrected chi connectivity index (χ4v) is 2.46. The number of aliphatic hydroxyl groups excluding tert-OH is 1. The average molecular weight is 273 g/mol. The molecule has 0 radical (unpaired) electrons. The highest BCUT2D eigenvalue weighted by Gasteiger charge is 2.06. The van der Waals surface area contributed by atoms with Crippen molar-refractivity contribution in [1.82, 2.24) is 9.97 Å². The second kappa shape index (κ2) is 7.79. The lowest BCUT2D eigenvalue weighted by Gasteiger charge is -2.09. The molecule has 96 valence electrons. The highest BCUT2D eigenvalue weighted by atomic mass is 32.2. The van der Waals surface area contributed by atoms with Gasteiger partial charge in [0, 0.05) is 25.0 Å². The molecule has 0 aliphatic rings. The molecule has 0 saturated carbocycles. The first-order valence-electron chi connectivity index (χ1n) is 5.60. The third-order valence-corrected chi connectivity index (χ3v) is 3.84. The van der Waals surface area contributed by atoms with Gasteiger partial charge < -0.3 is 10.4 Å². The normalized spacial score (nSPS) is 12.5. The molecule has 1 rings (SSSR count). The van der Waals surface area contributed by atoms with Crippen LogP contribution >= 0.6 is 23.5 Å². The van der Waals surface area contributed by atoms with E-state index in [4.69, 9.17) is 5.11 Å². The molecule has 6 heteroatoms. The molecular formula is C11H19N3OS2. The molecule has 1 aromatic rings. The Balaban J connectivity index is 2.72. The summed E-state index contributed by atoms with van der Waals surface area (Å²) < 4.78 is 0. The van der Waals surface area contributed by atoms with Gasteiger partial charge in [0.15, 0.2) is 5.16 Å². The van der Waals surface area contributed by atoms with E-state index in [0.717, 1.165) is 28.3 Å². The van der Waals surface area contributed by atoms with Crippen LogP contribution in [0.1, 0.15) is 13.8 Å². The van der Waals surface area contributed by atoms with Gasteiger partial charge in [-0.1, -0.05) is 18.7 Å². The number of anilines is 1. The van der Waals surface area contributed by atoms with Gasteiger partial charge in [-0.2, -0.15) is 0 Å². The van der Waals surface area contributed by atoms with Crippen molar-refractivity contribution >= 4 is 29.3 Å². The topological polar surface area (TPSA) is 58.0 Å². The molecule has 0 fully saturated rings. The van der Waals surface area contributed by atoms with Gasteiger partial charge in [0.05, 0.1) is 0 Å². The van der Waals surface area contributed by atoms with E-state index < -0.39 is 0 Å². The minimum atomic E-state index is 0.216. The van der Waals surface area contributed by atoms with Gasteiger partial charge in [-0.3, -0.25) is 0 Å². The quantitative estimate of drug-likeness (QED) is 0.452. The Morgan fingerprint density at radius 1 is 1.47 bits per heavy atom. The Bertz CT molecular complexity index is 349. The van der Waals surface area contributed by atoms with Crippen LogP contribution in [0.3, 0.4) is 0 Å². The molecule has 1 atom stereocenters. The molecule has 17 heavy (non-hydrogen) atoms. The van der Waals surface area contributed by atoms with Crippen molar-refractivity contribution < 1.29 is 5.11 Å². The number of rotatable bonds is 7. The lowest BCUT2D eigenvalue weighted by Crippen LogP contribution is -2.05. The van der Waals surface area contributed by atoms with Crippen molar-refractivity contribution in [1.29, 1.82) is 0 Å². The van der Waals surface area contributed by atoms with Gasteiger partial charge in [-0.05, 0) is 19.1 Å². The van der Waals surface area contributed by atoms with Crippen LogP contribution in [0.15, 0.2) is 16.2 Å². The molecule has 0 aliphatic heterocycles. The minimum absolute atomic E-state index is 0.216. The second-order valence-electron chi connectivity index (χ2n) is 3.71. The molecule has 2 N–H and O–H groups in total. The first-order valence-corrected chi connectivity index (χ1v) is 7.81. The Morgan fingerprint density at radius 2 is 2.24 bits per heavy atom. The molecule has 1 unspecified atom stereocenters. The number of hydrogen-bond donors (Lipinski definition) is 2. The molecule has 0 spiro atoms. The zero-order valence-electron chi connectivity index (χ0n) is 10.4. The summed E-state index contributed by atoms with van der Waals surface area (Å²) in [5, 5.41) is 13.9. The van der Waals surface area contributed by atoms with Crippen LogP contribution in [0.2, 0.25) is 0 Å². The molecule has 4 nitrogen and oxygen atoms in total. The van der Waals surface area contributed by atoms with Crippen LogP contribution in [-0.4, -0.2) is 40.2 Å². The number of aliphatic hydroxyl groups is 1. The summed E-state index contributed by atoms with van der Waals surface area (Å²) >= 11 is 3.20. The Hall–Kier alpha value is -0.460. The van der Waals surface area contributed by atoms with Gasteiger partial charge in [0.1, 0.15) is 10.8 Å². The van der Waals surface area contributed by atoms with Gasteiger partial charge in [0.2, 0.25) is 0 Å². The van der Waals surface area contributed by atoms with Crippen molar-refractivity contribution in [3.8, 4) is 0 Å². The number of hydrogen-bond acceptors (Lipinski definition) is 6. The maximum atomic E-state index is 8.99. The Labute approximate surface area is 111 Å². The van der Waals surface area contributed by atoms with Gasteiger partial charge in [0.25, 0.3) is 0 Å². The summed E-state index contributed by atoms with van der Waals surface area (Å²) in [5.74, 6) is 2.02. The van der Waals surface area contributed by atoms with Gasteiger partial charge >= 0.3 is 0 Å². The van der Waals surface area contributed by atoms with Crippen molar-refractivity contribution in [2.24, 2.45) is 5.92 Å². The monoisotopic (exact) mass is 273 g/mol. The van der Waals surface area contributed by atoms with Crippen LogP contribution in [-0.2, 0) is 0 Å². The highest BCUT2D eigenvalue weighted by Crippen LogP contribution is 2.23. The summed E-state index contributed by atoms with van der Waals surface area (Å²) in [6.07, 6.45) is 1.97. The lowest BCUT2D eigenvalue weighted by molar-refractivity contribution is 0.250. The Morgan fingerprint density at radius 3 is 2.82 bits per heavy atom. The van der Waals surface area contributed by atoms with Crippen LogP contribution in [0.25, 0.3) is 0 Å². The smallest absolute Gasteiger partial charge is 0.190 e. The maximum absolute atomic E-state index is 8.99. The Kier molecular flexibility index (Phi) is 6.69. The van der Waals surface area contributed by atoms with Gasteiger partial charge in [-0.25, -0.2) is 9.97 Å². The van der Waals surface area contributed by atoms with E-state index >= 15 is 0 Å². The van der Waals surface area contributed by atoms with Crippen molar-refractivity contribution in [2.45, 2.75) is 24.0 Å². The van der Waals surface area contributed by atoms with Gasteiger partial charge in [-0.15, -0.1) is 11.8 Å². The van der Waals surface area contributed by atoms with Crippen LogP contribution in [0.4, 0.5) is 5.82 Å². The second-order valence-corrected chi connectivity index (χ2v) is 5.52.